The summed E-state index contributed by atoms with van der Waals surface area (Å²) in [6.07, 6.45) is 3.99. The monoisotopic (exact) mass is 407 g/mol. The highest BCUT2D eigenvalue weighted by molar-refractivity contribution is 6.35. The second-order valence-corrected chi connectivity index (χ2v) is 6.20. The van der Waals surface area contributed by atoms with Gasteiger partial charge in [-0.1, -0.05) is 28.4 Å². The Balaban J connectivity index is 1.38. The minimum absolute atomic E-state index is 0.0827. The molecule has 0 aliphatic heterocycles. The first-order valence-electron chi connectivity index (χ1n) is 7.98. The predicted molar refractivity (Wildman–Crippen MR) is 100 cm³/mol. The molecule has 2 N–H and O–H groups in total. The van der Waals surface area contributed by atoms with Crippen molar-refractivity contribution in [2.24, 2.45) is 0 Å². The van der Waals surface area contributed by atoms with Gasteiger partial charge in [0.1, 0.15) is 5.75 Å². The zero-order chi connectivity index (χ0) is 19.1. The molecule has 0 unspecified atom stereocenters. The lowest BCUT2D eigenvalue weighted by molar-refractivity contribution is -0.120. The van der Waals surface area contributed by atoms with Gasteiger partial charge < -0.3 is 9.26 Å². The van der Waals surface area contributed by atoms with Gasteiger partial charge in [-0.25, -0.2) is 5.43 Å². The van der Waals surface area contributed by atoms with Crippen LogP contribution >= 0.6 is 23.2 Å². The molecule has 27 heavy (non-hydrogen) atoms. The van der Waals surface area contributed by atoms with Crippen LogP contribution in [0.4, 0.5) is 6.01 Å². The van der Waals surface area contributed by atoms with E-state index in [0.717, 1.165) is 5.56 Å². The number of amides is 1. The molecule has 0 fully saturated rings. The minimum atomic E-state index is -0.246. The highest BCUT2D eigenvalue weighted by atomic mass is 35.5. The van der Waals surface area contributed by atoms with E-state index in [0.29, 0.717) is 34.6 Å². The first kappa shape index (κ1) is 18.9. The van der Waals surface area contributed by atoms with Gasteiger partial charge in [0.15, 0.2) is 0 Å². The fourth-order valence-electron chi connectivity index (χ4n) is 2.09. The number of halogens is 2. The van der Waals surface area contributed by atoms with Crippen LogP contribution < -0.4 is 15.6 Å². The van der Waals surface area contributed by atoms with E-state index in [2.05, 4.69) is 26.0 Å². The third kappa shape index (κ3) is 5.57. The number of hydrogen-bond acceptors (Lipinski definition) is 7. The van der Waals surface area contributed by atoms with Gasteiger partial charge in [-0.3, -0.25) is 15.2 Å². The van der Waals surface area contributed by atoms with Crippen LogP contribution in [-0.4, -0.2) is 27.6 Å². The third-order valence-electron chi connectivity index (χ3n) is 3.37. The molecule has 0 atom stereocenters. The Kier molecular flexibility index (Phi) is 6.45. The maximum Gasteiger partial charge on any atom is 0.340 e. The molecule has 140 valence electrons. The lowest BCUT2D eigenvalue weighted by atomic mass is 10.3. The summed E-state index contributed by atoms with van der Waals surface area (Å²) in [6, 6.07) is 8.55. The Bertz CT molecular complexity index is 905. The number of pyridine rings is 1. The number of carbonyl (C=O) groups is 1. The van der Waals surface area contributed by atoms with Crippen molar-refractivity contribution in [3.8, 4) is 17.1 Å². The lowest BCUT2D eigenvalue weighted by Crippen LogP contribution is -2.29. The molecule has 0 saturated carbocycles. The summed E-state index contributed by atoms with van der Waals surface area (Å²) in [7, 11) is 0. The Hall–Kier alpha value is -2.84. The molecule has 3 rings (SSSR count). The minimum Gasteiger partial charge on any atom is -0.492 e. The van der Waals surface area contributed by atoms with Crippen LogP contribution in [0.3, 0.4) is 0 Å². The van der Waals surface area contributed by atoms with Gasteiger partial charge >= 0.3 is 6.01 Å². The highest BCUT2D eigenvalue weighted by Gasteiger charge is 2.09. The summed E-state index contributed by atoms with van der Waals surface area (Å²) in [6.45, 7) is 0.335. The summed E-state index contributed by atoms with van der Waals surface area (Å²) in [5.41, 5.74) is 5.82. The second-order valence-electron chi connectivity index (χ2n) is 5.36. The first-order chi connectivity index (χ1) is 13.1. The quantitative estimate of drug-likeness (QED) is 0.432. The number of anilines is 1. The predicted octanol–water partition coefficient (Wildman–Crippen LogP) is 3.74. The van der Waals surface area contributed by atoms with Crippen LogP contribution in [0.25, 0.3) is 11.4 Å². The first-order valence-corrected chi connectivity index (χ1v) is 8.74. The molecule has 8 nitrogen and oxygen atoms in total. The van der Waals surface area contributed by atoms with Crippen molar-refractivity contribution in [3.05, 3.63) is 52.8 Å². The van der Waals surface area contributed by atoms with E-state index in [-0.39, 0.29) is 18.3 Å². The van der Waals surface area contributed by atoms with Crippen molar-refractivity contribution in [2.75, 3.05) is 12.0 Å². The van der Waals surface area contributed by atoms with Crippen LogP contribution in [0.1, 0.15) is 12.8 Å². The fourth-order valence-corrected chi connectivity index (χ4v) is 2.55. The van der Waals surface area contributed by atoms with Gasteiger partial charge in [-0.2, -0.15) is 4.98 Å². The van der Waals surface area contributed by atoms with Gasteiger partial charge in [0.2, 0.25) is 11.7 Å². The van der Waals surface area contributed by atoms with Gasteiger partial charge in [-0.05, 0) is 36.8 Å². The van der Waals surface area contributed by atoms with E-state index in [4.69, 9.17) is 32.5 Å². The van der Waals surface area contributed by atoms with Crippen molar-refractivity contribution < 1.29 is 14.1 Å². The van der Waals surface area contributed by atoms with E-state index < -0.39 is 0 Å². The van der Waals surface area contributed by atoms with Crippen LogP contribution in [0.5, 0.6) is 5.75 Å². The standard InChI is InChI=1S/C17H15Cl2N5O3/c18-12-3-4-14(13(19)10-12)26-9-1-2-15(25)22-23-17-21-16(24-27-17)11-5-7-20-8-6-11/h3-8,10H,1-2,9H2,(H,22,25)(H,21,23,24). The zero-order valence-electron chi connectivity index (χ0n) is 14.0. The molecular weight excluding hydrogens is 393 g/mol. The molecule has 0 bridgehead atoms. The molecule has 1 amide bonds. The van der Waals surface area contributed by atoms with E-state index in [1.807, 2.05) is 0 Å². The molecule has 10 heteroatoms. The van der Waals surface area contributed by atoms with E-state index >= 15 is 0 Å². The number of aromatic nitrogens is 3. The molecule has 3 aromatic rings. The Morgan fingerprint density at radius 2 is 2.00 bits per heavy atom. The normalized spacial score (nSPS) is 10.4. The lowest BCUT2D eigenvalue weighted by Gasteiger charge is -2.08. The number of nitrogens with one attached hydrogen (secondary N) is 2. The van der Waals surface area contributed by atoms with Crippen LogP contribution in [0.15, 0.2) is 47.2 Å². The summed E-state index contributed by atoms with van der Waals surface area (Å²) in [4.78, 5) is 19.9. The number of carbonyl (C=O) groups excluding carboxylic acids is 1. The molecule has 0 saturated heterocycles. The number of hydrogen-bond donors (Lipinski definition) is 2. The molecular formula is C17H15Cl2N5O3. The van der Waals surface area contributed by atoms with Crippen LogP contribution in [0.2, 0.25) is 10.0 Å². The van der Waals surface area contributed by atoms with E-state index in [1.165, 1.54) is 0 Å². The van der Waals surface area contributed by atoms with Crippen LogP contribution in [0, 0.1) is 0 Å². The average Bonchev–Trinajstić information content (AvgIpc) is 3.15. The maximum absolute atomic E-state index is 11.8. The third-order valence-corrected chi connectivity index (χ3v) is 3.90. The van der Waals surface area contributed by atoms with Gasteiger partial charge in [0, 0.05) is 29.4 Å². The number of hydrazine groups is 1. The van der Waals surface area contributed by atoms with Crippen molar-refractivity contribution in [2.45, 2.75) is 12.8 Å². The summed E-state index contributed by atoms with van der Waals surface area (Å²) < 4.78 is 10.5. The highest BCUT2D eigenvalue weighted by Crippen LogP contribution is 2.27. The zero-order valence-corrected chi connectivity index (χ0v) is 15.5. The topological polar surface area (TPSA) is 102 Å². The maximum atomic E-state index is 11.8. The van der Waals surface area contributed by atoms with Gasteiger partial charge in [-0.15, -0.1) is 0 Å². The summed E-state index contributed by atoms with van der Waals surface area (Å²) >= 11 is 11.8. The molecule has 0 radical (unpaired) electrons. The summed E-state index contributed by atoms with van der Waals surface area (Å²) in [5, 5.41) is 4.78. The largest absolute Gasteiger partial charge is 0.492 e. The Morgan fingerprint density at radius 3 is 2.78 bits per heavy atom. The smallest absolute Gasteiger partial charge is 0.340 e. The van der Waals surface area contributed by atoms with Crippen molar-refractivity contribution in [3.63, 3.8) is 0 Å². The molecule has 2 heterocycles. The van der Waals surface area contributed by atoms with E-state index in [9.17, 15) is 4.79 Å². The molecule has 1 aromatic carbocycles. The Labute approximate surface area is 164 Å². The molecule has 0 aliphatic carbocycles. The Morgan fingerprint density at radius 1 is 1.19 bits per heavy atom. The second kappa shape index (κ2) is 9.20. The van der Waals surface area contributed by atoms with Crippen LogP contribution in [-0.2, 0) is 4.79 Å². The van der Waals surface area contributed by atoms with Crippen molar-refractivity contribution >= 4 is 35.1 Å². The fraction of sp³-hybridized carbons (Fsp3) is 0.176. The van der Waals surface area contributed by atoms with Gasteiger partial charge in [0.05, 0.1) is 11.6 Å². The summed E-state index contributed by atoms with van der Waals surface area (Å²) in [5.74, 6) is 0.668. The van der Waals surface area contributed by atoms with Crippen molar-refractivity contribution in [1.29, 1.82) is 0 Å². The molecule has 2 aromatic heterocycles. The van der Waals surface area contributed by atoms with Gasteiger partial charge in [0.25, 0.3) is 0 Å². The number of nitrogens with zero attached hydrogens (tertiary/aromatic N) is 3. The van der Waals surface area contributed by atoms with Crippen molar-refractivity contribution in [1.82, 2.24) is 20.6 Å². The molecule has 0 spiro atoms. The number of benzene rings is 1. The average molecular weight is 408 g/mol. The molecule has 0 aliphatic rings. The number of rotatable bonds is 8. The number of ether oxygens (including phenoxy) is 1. The van der Waals surface area contributed by atoms with E-state index in [1.54, 1.807) is 42.7 Å². The SMILES string of the molecule is O=C(CCCOc1ccc(Cl)cc1Cl)NNc1nc(-c2ccncc2)no1.